The van der Waals surface area contributed by atoms with E-state index in [0.717, 1.165) is 5.56 Å². The number of nitriles is 1. The summed E-state index contributed by atoms with van der Waals surface area (Å²) >= 11 is 1.21. The number of carbonyl (C=O) groups excluding carboxylic acids is 2. The molecule has 1 unspecified atom stereocenters. The Kier molecular flexibility index (Phi) is 8.56. The van der Waals surface area contributed by atoms with E-state index in [9.17, 15) is 14.9 Å². The summed E-state index contributed by atoms with van der Waals surface area (Å²) in [6.07, 6.45) is 5.63. The van der Waals surface area contributed by atoms with Gasteiger partial charge in [-0.15, -0.1) is 0 Å². The fourth-order valence-corrected chi connectivity index (χ4v) is 4.13. The summed E-state index contributed by atoms with van der Waals surface area (Å²) in [5, 5.41) is 9.35. The van der Waals surface area contributed by atoms with Crippen molar-refractivity contribution in [3.63, 3.8) is 0 Å². The summed E-state index contributed by atoms with van der Waals surface area (Å²) in [4.78, 5) is 26.4. The molecule has 0 aliphatic carbocycles. The molecule has 0 bridgehead atoms. The number of methoxy groups -OCH3 is 2. The Morgan fingerprint density at radius 2 is 2.07 bits per heavy atom. The first kappa shape index (κ1) is 23.1. The van der Waals surface area contributed by atoms with Crippen LogP contribution < -0.4 is 9.47 Å². The third-order valence-corrected chi connectivity index (χ3v) is 5.61. The van der Waals surface area contributed by atoms with Crippen LogP contribution in [-0.2, 0) is 14.3 Å². The van der Waals surface area contributed by atoms with Crippen molar-refractivity contribution >= 4 is 29.7 Å². The molecule has 7 nitrogen and oxygen atoms in total. The Hall–Kier alpha value is -3.18. The van der Waals surface area contributed by atoms with E-state index < -0.39 is 11.2 Å². The summed E-state index contributed by atoms with van der Waals surface area (Å²) in [6.45, 7) is 5.64. The first-order chi connectivity index (χ1) is 14.5. The van der Waals surface area contributed by atoms with Gasteiger partial charge in [0, 0.05) is 6.54 Å². The van der Waals surface area contributed by atoms with Crippen molar-refractivity contribution in [3.05, 3.63) is 53.1 Å². The number of esters is 1. The standard InChI is InChI=1S/C22H24N2O5S/c1-5-12-29-22(26)16(14-23)21-24(6-2)20(25)19(30-21)9-7-8-15-10-11-17(27-3)18(13-15)28-4/h5,7-8,10-11,13,19H,1,6,9,12H2,2-4H3/b8-7?,21-16-. The zero-order valence-corrected chi connectivity index (χ0v) is 18.0. The molecule has 1 saturated heterocycles. The van der Waals surface area contributed by atoms with Gasteiger partial charge in [-0.05, 0) is 31.0 Å². The molecule has 1 amide bonds. The highest BCUT2D eigenvalue weighted by Crippen LogP contribution is 2.39. The van der Waals surface area contributed by atoms with Crippen LogP contribution in [0.4, 0.5) is 0 Å². The molecule has 1 aromatic carbocycles. The molecule has 158 valence electrons. The lowest BCUT2D eigenvalue weighted by molar-refractivity contribution is -0.137. The van der Waals surface area contributed by atoms with Gasteiger partial charge in [-0.1, -0.05) is 42.6 Å². The quantitative estimate of drug-likeness (QED) is 0.257. The number of rotatable bonds is 9. The van der Waals surface area contributed by atoms with E-state index >= 15 is 0 Å². The number of nitrogens with zero attached hydrogens (tertiary/aromatic N) is 2. The molecule has 2 rings (SSSR count). The summed E-state index contributed by atoms with van der Waals surface area (Å²) < 4.78 is 15.5. The first-order valence-electron chi connectivity index (χ1n) is 9.29. The highest BCUT2D eigenvalue weighted by molar-refractivity contribution is 8.04. The fraction of sp³-hybridized carbons (Fsp3) is 0.318. The van der Waals surface area contributed by atoms with E-state index in [1.807, 2.05) is 36.4 Å². The third kappa shape index (κ3) is 5.24. The van der Waals surface area contributed by atoms with Crippen LogP contribution in [-0.4, -0.2) is 49.4 Å². The molecule has 1 fully saturated rings. The van der Waals surface area contributed by atoms with Crippen molar-refractivity contribution in [2.75, 3.05) is 27.4 Å². The van der Waals surface area contributed by atoms with Gasteiger partial charge in [0.1, 0.15) is 17.7 Å². The maximum Gasteiger partial charge on any atom is 0.351 e. The summed E-state index contributed by atoms with van der Waals surface area (Å²) in [7, 11) is 3.14. The van der Waals surface area contributed by atoms with Crippen LogP contribution in [0.25, 0.3) is 6.08 Å². The van der Waals surface area contributed by atoms with Gasteiger partial charge < -0.3 is 19.1 Å². The maximum atomic E-state index is 12.8. The lowest BCUT2D eigenvalue weighted by Gasteiger charge is -2.15. The summed E-state index contributed by atoms with van der Waals surface area (Å²) in [5.41, 5.74) is 0.736. The molecule has 0 N–H and O–H groups in total. The molecule has 30 heavy (non-hydrogen) atoms. The topological polar surface area (TPSA) is 88.9 Å². The van der Waals surface area contributed by atoms with Crippen LogP contribution in [0.15, 0.2) is 47.5 Å². The molecule has 0 saturated carbocycles. The molecular formula is C22H24N2O5S. The van der Waals surface area contributed by atoms with Crippen LogP contribution in [0.2, 0.25) is 0 Å². The molecule has 1 atom stereocenters. The predicted octanol–water partition coefficient (Wildman–Crippen LogP) is 3.54. The molecular weight excluding hydrogens is 404 g/mol. The molecule has 8 heteroatoms. The van der Waals surface area contributed by atoms with Gasteiger partial charge in [0.05, 0.1) is 19.5 Å². The van der Waals surface area contributed by atoms with Crippen LogP contribution in [0, 0.1) is 11.3 Å². The molecule has 0 aromatic heterocycles. The minimum Gasteiger partial charge on any atom is -0.493 e. The Morgan fingerprint density at radius 3 is 2.67 bits per heavy atom. The predicted molar refractivity (Wildman–Crippen MR) is 116 cm³/mol. The van der Waals surface area contributed by atoms with Crippen LogP contribution >= 0.6 is 11.8 Å². The summed E-state index contributed by atoms with van der Waals surface area (Å²) in [6, 6.07) is 7.41. The van der Waals surface area contributed by atoms with Crippen LogP contribution in [0.1, 0.15) is 18.9 Å². The number of benzene rings is 1. The monoisotopic (exact) mass is 428 g/mol. The second kappa shape index (κ2) is 11.1. The summed E-state index contributed by atoms with van der Waals surface area (Å²) in [5.74, 6) is 0.355. The SMILES string of the molecule is C=CCOC(=O)/C(C#N)=C1\SC(CC=Cc2ccc(OC)c(OC)c2)C(=O)N1CC. The average molecular weight is 429 g/mol. The molecule has 1 aromatic rings. The number of amides is 1. The molecule has 1 heterocycles. The van der Waals surface area contributed by atoms with Gasteiger partial charge in [-0.25, -0.2) is 4.79 Å². The van der Waals surface area contributed by atoms with Crippen molar-refractivity contribution in [3.8, 4) is 17.6 Å². The second-order valence-electron chi connectivity index (χ2n) is 6.12. The number of carbonyl (C=O) groups is 2. The Balaban J connectivity index is 2.18. The number of hydrogen-bond acceptors (Lipinski definition) is 7. The number of thioether (sulfide) groups is 1. The van der Waals surface area contributed by atoms with E-state index in [1.165, 1.54) is 22.7 Å². The normalized spacial score (nSPS) is 17.6. The van der Waals surface area contributed by atoms with E-state index in [1.54, 1.807) is 21.1 Å². The minimum atomic E-state index is -0.757. The lowest BCUT2D eigenvalue weighted by Crippen LogP contribution is -2.29. The average Bonchev–Trinajstić information content (AvgIpc) is 3.07. The number of ether oxygens (including phenoxy) is 3. The van der Waals surface area contributed by atoms with Gasteiger partial charge >= 0.3 is 5.97 Å². The fourth-order valence-electron chi connectivity index (χ4n) is 2.84. The van der Waals surface area contributed by atoms with Crippen molar-refractivity contribution in [1.82, 2.24) is 4.90 Å². The maximum absolute atomic E-state index is 12.8. The van der Waals surface area contributed by atoms with Crippen molar-refractivity contribution in [2.45, 2.75) is 18.6 Å². The molecule has 0 spiro atoms. The Labute approximate surface area is 180 Å². The highest BCUT2D eigenvalue weighted by Gasteiger charge is 2.38. The van der Waals surface area contributed by atoms with Gasteiger partial charge in [0.15, 0.2) is 17.1 Å². The van der Waals surface area contributed by atoms with Gasteiger partial charge in [0.2, 0.25) is 5.91 Å². The molecule has 1 aliphatic rings. The minimum absolute atomic E-state index is 0.000475. The number of hydrogen-bond donors (Lipinski definition) is 0. The number of allylic oxidation sites excluding steroid dienone is 1. The highest BCUT2D eigenvalue weighted by atomic mass is 32.2. The Bertz CT molecular complexity index is 917. The largest absolute Gasteiger partial charge is 0.493 e. The smallest absolute Gasteiger partial charge is 0.351 e. The third-order valence-electron chi connectivity index (χ3n) is 4.29. The van der Waals surface area contributed by atoms with Crippen LogP contribution in [0.5, 0.6) is 11.5 Å². The first-order valence-corrected chi connectivity index (χ1v) is 10.2. The van der Waals surface area contributed by atoms with E-state index in [0.29, 0.717) is 29.5 Å². The van der Waals surface area contributed by atoms with Gasteiger partial charge in [0.25, 0.3) is 0 Å². The van der Waals surface area contributed by atoms with E-state index in [4.69, 9.17) is 14.2 Å². The van der Waals surface area contributed by atoms with E-state index in [2.05, 4.69) is 6.58 Å². The van der Waals surface area contributed by atoms with Crippen molar-refractivity contribution < 1.29 is 23.8 Å². The van der Waals surface area contributed by atoms with E-state index in [-0.39, 0.29) is 18.1 Å². The molecule has 1 aliphatic heterocycles. The van der Waals surface area contributed by atoms with Crippen molar-refractivity contribution in [1.29, 1.82) is 5.26 Å². The van der Waals surface area contributed by atoms with Crippen molar-refractivity contribution in [2.24, 2.45) is 0 Å². The molecule has 0 radical (unpaired) electrons. The lowest BCUT2D eigenvalue weighted by atomic mass is 10.1. The zero-order valence-electron chi connectivity index (χ0n) is 17.2. The van der Waals surface area contributed by atoms with Crippen LogP contribution in [0.3, 0.4) is 0 Å². The van der Waals surface area contributed by atoms with Gasteiger partial charge in [-0.3, -0.25) is 4.79 Å². The van der Waals surface area contributed by atoms with Gasteiger partial charge in [-0.2, -0.15) is 5.26 Å². The Morgan fingerprint density at radius 1 is 1.33 bits per heavy atom. The zero-order chi connectivity index (χ0) is 22.1. The second-order valence-corrected chi connectivity index (χ2v) is 7.31.